The molecule has 0 saturated carbocycles. The molecule has 5 rings (SSSR count). The lowest BCUT2D eigenvalue weighted by Crippen LogP contribution is -2.28. The molecule has 3 heterocycles. The molecule has 2 aromatic carbocycles. The number of furan rings is 1. The Morgan fingerprint density at radius 3 is 2.57 bits per heavy atom. The first-order valence-electron chi connectivity index (χ1n) is 11.9. The van der Waals surface area contributed by atoms with E-state index in [1.807, 2.05) is 18.2 Å². The van der Waals surface area contributed by atoms with Gasteiger partial charge in [-0.15, -0.1) is 11.8 Å². The van der Waals surface area contributed by atoms with Crippen molar-refractivity contribution < 1.29 is 27.2 Å². The third-order valence-electron chi connectivity index (χ3n) is 6.45. The summed E-state index contributed by atoms with van der Waals surface area (Å²) in [5, 5.41) is 2.61. The van der Waals surface area contributed by atoms with Crippen molar-refractivity contribution in [3.63, 3.8) is 0 Å². The number of benzene rings is 2. The van der Waals surface area contributed by atoms with Gasteiger partial charge in [0.15, 0.2) is 0 Å². The van der Waals surface area contributed by atoms with Gasteiger partial charge in [0.1, 0.15) is 16.9 Å². The first kappa shape index (κ1) is 25.4. The van der Waals surface area contributed by atoms with Gasteiger partial charge in [0.05, 0.1) is 36.3 Å². The van der Waals surface area contributed by atoms with Gasteiger partial charge >= 0.3 is 0 Å². The van der Waals surface area contributed by atoms with Crippen molar-refractivity contribution in [3.8, 4) is 5.75 Å². The highest BCUT2D eigenvalue weighted by Crippen LogP contribution is 2.39. The van der Waals surface area contributed by atoms with Crippen LogP contribution < -0.4 is 10.1 Å². The Bertz CT molecular complexity index is 1380. The Morgan fingerprint density at radius 2 is 1.89 bits per heavy atom. The van der Waals surface area contributed by atoms with Crippen LogP contribution in [0.25, 0.3) is 0 Å². The molecule has 2 aliphatic heterocycles. The predicted octanol–water partition coefficient (Wildman–Crippen LogP) is 4.10. The first-order chi connectivity index (χ1) is 17.9. The molecule has 0 spiro atoms. The lowest BCUT2D eigenvalue weighted by atomic mass is 10.1. The minimum Gasteiger partial charge on any atom is -0.495 e. The highest BCUT2D eigenvalue weighted by Gasteiger charge is 2.33. The van der Waals surface area contributed by atoms with Crippen LogP contribution in [0.5, 0.6) is 5.75 Å². The maximum atomic E-state index is 13.1. The van der Waals surface area contributed by atoms with Gasteiger partial charge in [-0.3, -0.25) is 9.59 Å². The molecule has 1 aromatic heterocycles. The lowest BCUT2D eigenvalue weighted by Gasteiger charge is -2.23. The Balaban J connectivity index is 1.32. The molecule has 2 aliphatic rings. The van der Waals surface area contributed by atoms with Gasteiger partial charge in [-0.2, -0.15) is 4.31 Å². The van der Waals surface area contributed by atoms with Crippen LogP contribution in [-0.2, 0) is 21.4 Å². The number of rotatable bonds is 8. The predicted molar refractivity (Wildman–Crippen MR) is 140 cm³/mol. The smallest absolute Gasteiger partial charge is 0.255 e. The van der Waals surface area contributed by atoms with E-state index in [0.29, 0.717) is 42.5 Å². The van der Waals surface area contributed by atoms with Crippen molar-refractivity contribution in [3.05, 3.63) is 77.7 Å². The molecule has 0 unspecified atom stereocenters. The standard InChI is InChI=1S/C26H27N3O6S2/c1-34-23-11-10-21(37(32,33)28-12-2-3-13-28)15-22(23)27-25(31)18-6-8-19(9-7-18)26-29(24(30)17-36-26)16-20-5-4-14-35-20/h4-11,14-15,26H,2-3,12-13,16-17H2,1H3,(H,27,31)/t26-/m0/s1. The van der Waals surface area contributed by atoms with Crippen LogP contribution in [0.1, 0.15) is 39.9 Å². The van der Waals surface area contributed by atoms with Gasteiger partial charge in [-0.25, -0.2) is 8.42 Å². The fraction of sp³-hybridized carbons (Fsp3) is 0.308. The van der Waals surface area contributed by atoms with Crippen LogP contribution in [0.4, 0.5) is 5.69 Å². The van der Waals surface area contributed by atoms with E-state index < -0.39 is 15.9 Å². The van der Waals surface area contributed by atoms with Gasteiger partial charge in [0.25, 0.3) is 5.91 Å². The maximum Gasteiger partial charge on any atom is 0.255 e. The van der Waals surface area contributed by atoms with Crippen LogP contribution in [0.2, 0.25) is 0 Å². The van der Waals surface area contributed by atoms with Crippen LogP contribution >= 0.6 is 11.8 Å². The number of sulfonamides is 1. The molecular formula is C26H27N3O6S2. The molecule has 1 atom stereocenters. The summed E-state index contributed by atoms with van der Waals surface area (Å²) in [4.78, 5) is 27.4. The van der Waals surface area contributed by atoms with Crippen molar-refractivity contribution in [2.75, 3.05) is 31.3 Å². The molecular weight excluding hydrogens is 514 g/mol. The Kier molecular flexibility index (Phi) is 7.27. The van der Waals surface area contributed by atoms with Crippen LogP contribution in [-0.4, -0.2) is 55.4 Å². The normalized spacial score (nSPS) is 18.4. The number of hydrogen-bond donors (Lipinski definition) is 1. The van der Waals surface area contributed by atoms with Crippen molar-refractivity contribution in [2.45, 2.75) is 29.7 Å². The fourth-order valence-electron chi connectivity index (χ4n) is 4.49. The summed E-state index contributed by atoms with van der Waals surface area (Å²) in [6.07, 6.45) is 3.25. The number of nitrogens with zero attached hydrogens (tertiary/aromatic N) is 2. The molecule has 194 valence electrons. The van der Waals surface area contributed by atoms with Crippen molar-refractivity contribution >= 4 is 39.3 Å². The van der Waals surface area contributed by atoms with Gasteiger partial charge in [0, 0.05) is 18.7 Å². The van der Waals surface area contributed by atoms with E-state index in [4.69, 9.17) is 9.15 Å². The number of methoxy groups -OCH3 is 1. The van der Waals surface area contributed by atoms with E-state index in [9.17, 15) is 18.0 Å². The van der Waals surface area contributed by atoms with E-state index in [1.54, 1.807) is 35.4 Å². The minimum absolute atomic E-state index is 0.0316. The second kappa shape index (κ2) is 10.6. The van der Waals surface area contributed by atoms with E-state index in [-0.39, 0.29) is 21.9 Å². The van der Waals surface area contributed by atoms with Crippen molar-refractivity contribution in [1.29, 1.82) is 0 Å². The second-order valence-electron chi connectivity index (χ2n) is 8.81. The number of nitrogens with one attached hydrogen (secondary N) is 1. The van der Waals surface area contributed by atoms with Gasteiger partial charge in [-0.1, -0.05) is 12.1 Å². The quantitative estimate of drug-likeness (QED) is 0.457. The SMILES string of the molecule is COc1ccc(S(=O)(=O)N2CCCC2)cc1NC(=O)c1ccc([C@@H]2SCC(=O)N2Cc2ccco2)cc1. The topological polar surface area (TPSA) is 109 Å². The van der Waals surface area contributed by atoms with E-state index in [0.717, 1.165) is 18.4 Å². The van der Waals surface area contributed by atoms with E-state index in [2.05, 4.69) is 5.32 Å². The zero-order valence-corrected chi connectivity index (χ0v) is 21.9. The number of carbonyl (C=O) groups excluding carboxylic acids is 2. The number of amides is 2. The summed E-state index contributed by atoms with van der Waals surface area (Å²) in [7, 11) is -2.18. The molecule has 0 aliphatic carbocycles. The van der Waals surface area contributed by atoms with Crippen LogP contribution in [0.15, 0.2) is 70.2 Å². The second-order valence-corrected chi connectivity index (χ2v) is 11.8. The number of anilines is 1. The highest BCUT2D eigenvalue weighted by molar-refractivity contribution is 8.00. The third-order valence-corrected chi connectivity index (χ3v) is 9.60. The average molecular weight is 542 g/mol. The summed E-state index contributed by atoms with van der Waals surface area (Å²) in [6, 6.07) is 15.1. The highest BCUT2D eigenvalue weighted by atomic mass is 32.2. The monoisotopic (exact) mass is 541 g/mol. The van der Waals surface area contributed by atoms with Crippen LogP contribution in [0.3, 0.4) is 0 Å². The molecule has 3 aromatic rings. The molecule has 0 radical (unpaired) electrons. The Hall–Kier alpha value is -3.28. The number of hydrogen-bond acceptors (Lipinski definition) is 7. The summed E-state index contributed by atoms with van der Waals surface area (Å²) >= 11 is 1.53. The zero-order valence-electron chi connectivity index (χ0n) is 20.3. The largest absolute Gasteiger partial charge is 0.495 e. The molecule has 1 N–H and O–H groups in total. The molecule has 11 heteroatoms. The van der Waals surface area contributed by atoms with Gasteiger partial charge < -0.3 is 19.4 Å². The average Bonchev–Trinajstić information content (AvgIpc) is 3.68. The summed E-state index contributed by atoms with van der Waals surface area (Å²) in [5.41, 5.74) is 1.57. The number of carbonyl (C=O) groups is 2. The van der Waals surface area contributed by atoms with E-state index >= 15 is 0 Å². The summed E-state index contributed by atoms with van der Waals surface area (Å²) in [6.45, 7) is 1.36. The first-order valence-corrected chi connectivity index (χ1v) is 14.4. The maximum absolute atomic E-state index is 13.1. The molecule has 37 heavy (non-hydrogen) atoms. The summed E-state index contributed by atoms with van der Waals surface area (Å²) < 4.78 is 38.2. The van der Waals surface area contributed by atoms with Crippen molar-refractivity contribution in [1.82, 2.24) is 9.21 Å². The van der Waals surface area contributed by atoms with Gasteiger partial charge in [0.2, 0.25) is 15.9 Å². The van der Waals surface area contributed by atoms with Crippen LogP contribution in [0, 0.1) is 0 Å². The summed E-state index contributed by atoms with van der Waals surface area (Å²) in [5.74, 6) is 1.08. The van der Waals surface area contributed by atoms with E-state index in [1.165, 1.54) is 35.3 Å². The molecule has 9 nitrogen and oxygen atoms in total. The van der Waals surface area contributed by atoms with Crippen molar-refractivity contribution in [2.24, 2.45) is 0 Å². The molecule has 2 saturated heterocycles. The number of thioether (sulfide) groups is 1. The fourth-order valence-corrected chi connectivity index (χ4v) is 7.22. The Morgan fingerprint density at radius 1 is 1.14 bits per heavy atom. The Labute approximate surface area is 219 Å². The molecule has 0 bridgehead atoms. The molecule has 2 fully saturated rings. The third kappa shape index (κ3) is 5.25. The van der Waals surface area contributed by atoms with Gasteiger partial charge in [-0.05, 0) is 60.9 Å². The molecule has 2 amide bonds. The number of ether oxygens (including phenoxy) is 1. The lowest BCUT2D eigenvalue weighted by molar-refractivity contribution is -0.128. The zero-order chi connectivity index (χ0) is 26.0. The minimum atomic E-state index is -3.65.